The minimum Gasteiger partial charge on any atom is -0.326 e. The largest absolute Gasteiger partial charge is 0.326 e. The number of rotatable bonds is 3. The van der Waals surface area contributed by atoms with Crippen molar-refractivity contribution in [3.8, 4) is 0 Å². The van der Waals surface area contributed by atoms with Crippen molar-refractivity contribution in [3.63, 3.8) is 0 Å². The van der Waals surface area contributed by atoms with Crippen LogP contribution in [0.2, 0.25) is 0 Å². The molecule has 0 radical (unpaired) electrons. The molecule has 0 spiro atoms. The van der Waals surface area contributed by atoms with E-state index in [2.05, 4.69) is 11.9 Å². The Bertz CT molecular complexity index is 817. The monoisotopic (exact) mass is 294 g/mol. The lowest BCUT2D eigenvalue weighted by Gasteiger charge is -2.26. The van der Waals surface area contributed by atoms with Crippen molar-refractivity contribution in [2.45, 2.75) is 6.92 Å². The number of carbonyl (C=O) groups is 3. The van der Waals surface area contributed by atoms with Crippen molar-refractivity contribution in [2.75, 3.05) is 11.9 Å². The van der Waals surface area contributed by atoms with Gasteiger partial charge in [0.2, 0.25) is 5.91 Å². The maximum Gasteiger partial charge on any atom is 0.261 e. The number of hydrogen-bond acceptors (Lipinski definition) is 3. The molecule has 2 aromatic carbocycles. The van der Waals surface area contributed by atoms with Crippen LogP contribution in [0.4, 0.5) is 5.69 Å². The van der Waals surface area contributed by atoms with Gasteiger partial charge in [0.1, 0.15) is 0 Å². The quantitative estimate of drug-likeness (QED) is 0.699. The highest BCUT2D eigenvalue weighted by atomic mass is 16.2. The first-order valence-electron chi connectivity index (χ1n) is 6.85. The van der Waals surface area contributed by atoms with Gasteiger partial charge in [-0.05, 0) is 18.2 Å². The maximum absolute atomic E-state index is 12.5. The summed E-state index contributed by atoms with van der Waals surface area (Å²) in [5.41, 5.74) is 1.51. The van der Waals surface area contributed by atoms with Crippen LogP contribution < -0.4 is 5.32 Å². The van der Waals surface area contributed by atoms with Crippen LogP contribution in [-0.4, -0.2) is 29.2 Å². The van der Waals surface area contributed by atoms with Crippen molar-refractivity contribution in [2.24, 2.45) is 0 Å². The van der Waals surface area contributed by atoms with Gasteiger partial charge < -0.3 is 5.32 Å². The summed E-state index contributed by atoms with van der Waals surface area (Å²) in [6.45, 7) is 5.16. The van der Waals surface area contributed by atoms with Gasteiger partial charge >= 0.3 is 0 Å². The lowest BCUT2D eigenvalue weighted by molar-refractivity contribution is -0.114. The van der Waals surface area contributed by atoms with Crippen LogP contribution in [0.1, 0.15) is 27.6 Å². The molecule has 5 nitrogen and oxygen atoms in total. The molecule has 1 heterocycles. The molecule has 0 saturated carbocycles. The Hall–Kier alpha value is -2.95. The summed E-state index contributed by atoms with van der Waals surface area (Å²) < 4.78 is 0. The molecule has 3 rings (SSSR count). The molecule has 0 aliphatic carbocycles. The number of amides is 3. The van der Waals surface area contributed by atoms with E-state index in [0.29, 0.717) is 27.6 Å². The van der Waals surface area contributed by atoms with Crippen LogP contribution in [0.5, 0.6) is 0 Å². The van der Waals surface area contributed by atoms with Crippen LogP contribution in [-0.2, 0) is 4.79 Å². The van der Waals surface area contributed by atoms with Crippen molar-refractivity contribution < 1.29 is 14.4 Å². The zero-order valence-corrected chi connectivity index (χ0v) is 12.1. The number of benzene rings is 2. The minimum absolute atomic E-state index is 0.168. The first kappa shape index (κ1) is 14.0. The predicted octanol–water partition coefficient (Wildman–Crippen LogP) is 2.58. The highest BCUT2D eigenvalue weighted by Gasteiger charge is 2.32. The number of hydrogen-bond donors (Lipinski definition) is 1. The highest BCUT2D eigenvalue weighted by Crippen LogP contribution is 2.34. The van der Waals surface area contributed by atoms with Gasteiger partial charge in [-0.25, -0.2) is 0 Å². The summed E-state index contributed by atoms with van der Waals surface area (Å²) in [5, 5.41) is 4.00. The number of carbonyl (C=O) groups excluding carboxylic acids is 3. The Kier molecular flexibility index (Phi) is 3.25. The Morgan fingerprint density at radius 3 is 2.50 bits per heavy atom. The van der Waals surface area contributed by atoms with Gasteiger partial charge in [0, 0.05) is 41.1 Å². The normalized spacial score (nSPS) is 13.4. The van der Waals surface area contributed by atoms with E-state index in [1.54, 1.807) is 30.3 Å². The topological polar surface area (TPSA) is 66.5 Å². The fourth-order valence-electron chi connectivity index (χ4n) is 2.74. The highest BCUT2D eigenvalue weighted by molar-refractivity contribution is 6.27. The van der Waals surface area contributed by atoms with Gasteiger partial charge in [-0.2, -0.15) is 0 Å². The van der Waals surface area contributed by atoms with Crippen LogP contribution in [0.25, 0.3) is 10.8 Å². The molecule has 0 aromatic heterocycles. The molecule has 0 fully saturated rings. The zero-order chi connectivity index (χ0) is 15.9. The summed E-state index contributed by atoms with van der Waals surface area (Å²) in [6, 6.07) is 8.54. The molecule has 0 unspecified atom stereocenters. The Balaban J connectivity index is 2.29. The molecule has 0 saturated heterocycles. The van der Waals surface area contributed by atoms with E-state index in [1.165, 1.54) is 17.9 Å². The standard InChI is InChI=1S/C17H14N2O3/c1-3-9-19-16(21)12-6-4-5-11-14(18-10(2)20)8-7-13(15(11)12)17(19)22/h3-8H,1,9H2,2H3,(H,18,20). The molecule has 2 aromatic rings. The van der Waals surface area contributed by atoms with E-state index in [-0.39, 0.29) is 24.3 Å². The Morgan fingerprint density at radius 2 is 1.86 bits per heavy atom. The minimum atomic E-state index is -0.344. The van der Waals surface area contributed by atoms with E-state index in [1.807, 2.05) is 0 Å². The Labute approximate surface area is 127 Å². The lowest BCUT2D eigenvalue weighted by Crippen LogP contribution is -2.40. The maximum atomic E-state index is 12.5. The molecule has 110 valence electrons. The van der Waals surface area contributed by atoms with E-state index >= 15 is 0 Å². The van der Waals surface area contributed by atoms with Crippen LogP contribution in [0.3, 0.4) is 0 Å². The number of imide groups is 1. The molecular weight excluding hydrogens is 280 g/mol. The van der Waals surface area contributed by atoms with Gasteiger partial charge in [-0.3, -0.25) is 19.3 Å². The molecular formula is C17H14N2O3. The first-order valence-corrected chi connectivity index (χ1v) is 6.85. The third kappa shape index (κ3) is 1.98. The van der Waals surface area contributed by atoms with Crippen LogP contribution in [0.15, 0.2) is 43.0 Å². The number of nitrogens with one attached hydrogen (secondary N) is 1. The van der Waals surface area contributed by atoms with Gasteiger partial charge in [-0.1, -0.05) is 18.2 Å². The molecule has 0 atom stereocenters. The second-order valence-electron chi connectivity index (χ2n) is 5.08. The fraction of sp³-hybridized carbons (Fsp3) is 0.118. The van der Waals surface area contributed by atoms with Gasteiger partial charge in [-0.15, -0.1) is 6.58 Å². The molecule has 0 bridgehead atoms. The van der Waals surface area contributed by atoms with Gasteiger partial charge in [0.15, 0.2) is 0 Å². The second-order valence-corrected chi connectivity index (χ2v) is 5.08. The van der Waals surface area contributed by atoms with E-state index in [9.17, 15) is 14.4 Å². The van der Waals surface area contributed by atoms with Crippen molar-refractivity contribution in [1.82, 2.24) is 4.90 Å². The molecule has 22 heavy (non-hydrogen) atoms. The van der Waals surface area contributed by atoms with Crippen molar-refractivity contribution in [3.05, 3.63) is 54.1 Å². The van der Waals surface area contributed by atoms with Crippen molar-refractivity contribution >= 4 is 34.2 Å². The average Bonchev–Trinajstić information content (AvgIpc) is 2.49. The summed E-state index contributed by atoms with van der Waals surface area (Å²) in [6.07, 6.45) is 1.52. The molecule has 3 amide bonds. The molecule has 1 aliphatic rings. The molecule has 1 N–H and O–H groups in total. The second kappa shape index (κ2) is 5.11. The van der Waals surface area contributed by atoms with E-state index in [4.69, 9.17) is 0 Å². The number of nitrogens with zero attached hydrogens (tertiary/aromatic N) is 1. The SMILES string of the molecule is C=CCN1C(=O)c2cccc3c(NC(C)=O)ccc(c23)C1=O. The van der Waals surface area contributed by atoms with Gasteiger partial charge in [0.05, 0.1) is 0 Å². The van der Waals surface area contributed by atoms with Gasteiger partial charge in [0.25, 0.3) is 11.8 Å². The third-order valence-electron chi connectivity index (χ3n) is 3.61. The van der Waals surface area contributed by atoms with Crippen LogP contribution >= 0.6 is 0 Å². The first-order chi connectivity index (χ1) is 10.5. The predicted molar refractivity (Wildman–Crippen MR) is 83.8 cm³/mol. The third-order valence-corrected chi connectivity index (χ3v) is 3.61. The Morgan fingerprint density at radius 1 is 1.18 bits per heavy atom. The summed E-state index contributed by atoms with van der Waals surface area (Å²) in [4.78, 5) is 37.5. The van der Waals surface area contributed by atoms with Crippen molar-refractivity contribution in [1.29, 1.82) is 0 Å². The lowest BCUT2D eigenvalue weighted by atomic mass is 9.93. The zero-order valence-electron chi connectivity index (χ0n) is 12.1. The van der Waals surface area contributed by atoms with E-state index < -0.39 is 0 Å². The summed E-state index contributed by atoms with van der Waals surface area (Å²) >= 11 is 0. The van der Waals surface area contributed by atoms with E-state index in [0.717, 1.165) is 0 Å². The summed E-state index contributed by atoms with van der Waals surface area (Å²) in [7, 11) is 0. The molecule has 1 aliphatic heterocycles. The number of anilines is 1. The average molecular weight is 294 g/mol. The molecule has 5 heteroatoms. The van der Waals surface area contributed by atoms with Crippen LogP contribution in [0, 0.1) is 0 Å². The fourth-order valence-corrected chi connectivity index (χ4v) is 2.74. The smallest absolute Gasteiger partial charge is 0.261 e. The summed E-state index contributed by atoms with van der Waals surface area (Å²) in [5.74, 6) is -0.895.